The van der Waals surface area contributed by atoms with Gasteiger partial charge in [-0.3, -0.25) is 4.57 Å². The van der Waals surface area contributed by atoms with Crippen molar-refractivity contribution in [3.05, 3.63) is 39.4 Å². The van der Waals surface area contributed by atoms with E-state index >= 15 is 0 Å². The zero-order chi connectivity index (χ0) is 16.0. The average Bonchev–Trinajstić information content (AvgIpc) is 3.00. The van der Waals surface area contributed by atoms with Gasteiger partial charge in [0.05, 0.1) is 18.4 Å². The maximum Gasteiger partial charge on any atom is 0.336 e. The summed E-state index contributed by atoms with van der Waals surface area (Å²) in [5.74, 6) is 0.0862. The summed E-state index contributed by atoms with van der Waals surface area (Å²) in [6.07, 6.45) is -0.441. The summed E-state index contributed by atoms with van der Waals surface area (Å²) in [4.78, 5) is 12.5. The molecular weight excluding hydrogens is 286 g/mol. The van der Waals surface area contributed by atoms with E-state index in [2.05, 4.69) is 0 Å². The van der Waals surface area contributed by atoms with Crippen molar-refractivity contribution < 1.29 is 14.9 Å². The molecule has 1 aliphatic heterocycles. The predicted octanol–water partition coefficient (Wildman–Crippen LogP) is 0.970. The van der Waals surface area contributed by atoms with Crippen LogP contribution in [0.2, 0.25) is 0 Å². The third-order valence-electron chi connectivity index (χ3n) is 4.04. The number of hydrogen-bond donors (Lipinski definition) is 2. The molecule has 0 fully saturated rings. The van der Waals surface area contributed by atoms with Gasteiger partial charge in [-0.2, -0.15) is 5.26 Å². The Kier molecular flexibility index (Phi) is 3.19. The van der Waals surface area contributed by atoms with Gasteiger partial charge in [-0.15, -0.1) is 0 Å². The van der Waals surface area contributed by atoms with Crippen molar-refractivity contribution in [1.82, 2.24) is 9.13 Å². The van der Waals surface area contributed by atoms with E-state index in [1.165, 1.54) is 17.7 Å². The Morgan fingerprint density at radius 1 is 1.45 bits per heavy atom. The Bertz CT molecular complexity index is 857. The largest absolute Gasteiger partial charge is 0.495 e. The molecule has 1 atom stereocenters. The summed E-state index contributed by atoms with van der Waals surface area (Å²) >= 11 is 0. The number of aromatic hydroxyl groups is 1. The normalized spacial score (nSPS) is 16.4. The predicted molar refractivity (Wildman–Crippen MR) is 77.3 cm³/mol. The minimum absolute atomic E-state index is 0.229. The lowest BCUT2D eigenvalue weighted by Gasteiger charge is -2.13. The van der Waals surface area contributed by atoms with Gasteiger partial charge in [0.1, 0.15) is 23.6 Å². The quantitative estimate of drug-likeness (QED) is 0.861. The Labute approximate surface area is 126 Å². The van der Waals surface area contributed by atoms with E-state index in [9.17, 15) is 15.0 Å². The van der Waals surface area contributed by atoms with Crippen LogP contribution in [0.5, 0.6) is 11.6 Å². The Balaban J connectivity index is 2.29. The molecule has 0 aliphatic carbocycles. The van der Waals surface area contributed by atoms with Gasteiger partial charge in [0.15, 0.2) is 0 Å². The van der Waals surface area contributed by atoms with Gasteiger partial charge in [-0.05, 0) is 25.5 Å². The molecule has 0 spiro atoms. The van der Waals surface area contributed by atoms with E-state index < -0.39 is 11.8 Å². The van der Waals surface area contributed by atoms with Crippen LogP contribution in [0, 0.1) is 18.3 Å². The number of fused-ring (bicyclic) bond motifs is 1. The van der Waals surface area contributed by atoms with Crippen molar-refractivity contribution in [2.45, 2.75) is 26.0 Å². The fourth-order valence-electron chi connectivity index (χ4n) is 2.97. The van der Waals surface area contributed by atoms with Crippen LogP contribution in [0.4, 0.5) is 0 Å². The van der Waals surface area contributed by atoms with E-state index in [0.717, 1.165) is 4.57 Å². The second kappa shape index (κ2) is 4.93. The molecule has 1 aliphatic rings. The highest BCUT2D eigenvalue weighted by Crippen LogP contribution is 2.35. The van der Waals surface area contributed by atoms with E-state index in [1.807, 2.05) is 6.07 Å². The number of aliphatic hydroxyl groups is 1. The third-order valence-corrected chi connectivity index (χ3v) is 4.04. The van der Waals surface area contributed by atoms with Crippen molar-refractivity contribution in [2.24, 2.45) is 0 Å². The van der Waals surface area contributed by atoms with Crippen molar-refractivity contribution in [2.75, 3.05) is 7.11 Å². The Hall–Kier alpha value is -2.72. The summed E-state index contributed by atoms with van der Waals surface area (Å²) in [5, 5.41) is 29.3. The first-order valence-corrected chi connectivity index (χ1v) is 6.81. The smallest absolute Gasteiger partial charge is 0.336 e. The number of imidazole rings is 1. The lowest BCUT2D eigenvalue weighted by molar-refractivity contribution is 0.175. The molecule has 2 N–H and O–H groups in total. The van der Waals surface area contributed by atoms with E-state index in [0.29, 0.717) is 35.5 Å². The van der Waals surface area contributed by atoms with Crippen LogP contribution in [0.15, 0.2) is 16.9 Å². The molecule has 7 heteroatoms. The molecule has 1 aromatic carbocycles. The summed E-state index contributed by atoms with van der Waals surface area (Å²) in [6.45, 7) is 2.07. The fourth-order valence-corrected chi connectivity index (χ4v) is 2.97. The molecule has 0 amide bonds. The van der Waals surface area contributed by atoms with Crippen molar-refractivity contribution >= 4 is 0 Å². The molecule has 0 saturated heterocycles. The summed E-state index contributed by atoms with van der Waals surface area (Å²) in [6, 6.07) is 5.14. The van der Waals surface area contributed by atoms with E-state index in [-0.39, 0.29) is 11.6 Å². The maximum absolute atomic E-state index is 12.5. The number of aliphatic hydroxyl groups excluding tert-OH is 1. The average molecular weight is 301 g/mol. The van der Waals surface area contributed by atoms with E-state index in [1.54, 1.807) is 13.0 Å². The highest BCUT2D eigenvalue weighted by molar-refractivity contribution is 5.58. The Morgan fingerprint density at radius 3 is 2.77 bits per heavy atom. The number of nitriles is 1. The fraction of sp³-hybridized carbons (Fsp3) is 0.333. The van der Waals surface area contributed by atoms with Crippen LogP contribution in [0.25, 0.3) is 5.69 Å². The third kappa shape index (κ3) is 1.74. The molecule has 2 aromatic rings. The maximum atomic E-state index is 12.5. The number of ether oxygens (including phenoxy) is 1. The molecular formula is C15H15N3O4. The SMILES string of the molecule is COc1c(C#N)ccc(-n2c(O)c3n(c2=O)CC[C@H]3O)c1C. The molecule has 114 valence electrons. The first-order valence-electron chi connectivity index (χ1n) is 6.81. The Morgan fingerprint density at radius 2 is 2.18 bits per heavy atom. The molecule has 0 unspecified atom stereocenters. The molecule has 0 radical (unpaired) electrons. The topological polar surface area (TPSA) is 100 Å². The van der Waals surface area contributed by atoms with Gasteiger partial charge in [-0.1, -0.05) is 0 Å². The number of rotatable bonds is 2. The van der Waals surface area contributed by atoms with Crippen molar-refractivity contribution in [3.8, 4) is 23.4 Å². The van der Waals surface area contributed by atoms with Crippen LogP contribution in [-0.2, 0) is 6.54 Å². The molecule has 2 heterocycles. The minimum Gasteiger partial charge on any atom is -0.495 e. The molecule has 0 saturated carbocycles. The zero-order valence-corrected chi connectivity index (χ0v) is 12.2. The number of nitrogens with zero attached hydrogens (tertiary/aromatic N) is 3. The molecule has 3 rings (SSSR count). The second-order valence-corrected chi connectivity index (χ2v) is 5.19. The highest BCUT2D eigenvalue weighted by Gasteiger charge is 2.31. The van der Waals surface area contributed by atoms with Gasteiger partial charge in [-0.25, -0.2) is 9.36 Å². The number of aromatic nitrogens is 2. The van der Waals surface area contributed by atoms with Gasteiger partial charge in [0.25, 0.3) is 0 Å². The summed E-state index contributed by atoms with van der Waals surface area (Å²) in [5.41, 5.74) is 1.15. The number of benzene rings is 1. The van der Waals surface area contributed by atoms with Crippen molar-refractivity contribution in [3.63, 3.8) is 0 Å². The number of hydrogen-bond acceptors (Lipinski definition) is 5. The van der Waals surface area contributed by atoms with E-state index in [4.69, 9.17) is 10.00 Å². The lowest BCUT2D eigenvalue weighted by Crippen LogP contribution is -2.23. The number of methoxy groups -OCH3 is 1. The van der Waals surface area contributed by atoms with Crippen molar-refractivity contribution in [1.29, 1.82) is 5.26 Å². The van der Waals surface area contributed by atoms with Crippen LogP contribution in [-0.4, -0.2) is 26.5 Å². The highest BCUT2D eigenvalue weighted by atomic mass is 16.5. The summed E-state index contributed by atoms with van der Waals surface area (Å²) in [7, 11) is 1.44. The molecule has 7 nitrogen and oxygen atoms in total. The lowest BCUT2D eigenvalue weighted by atomic mass is 10.1. The van der Waals surface area contributed by atoms with Gasteiger partial charge >= 0.3 is 5.69 Å². The minimum atomic E-state index is -0.852. The van der Waals surface area contributed by atoms with Gasteiger partial charge < -0.3 is 14.9 Å². The standard InChI is InChI=1S/C15H15N3O4/c1-8-10(4-3-9(7-16)13(8)22-2)18-14(20)12-11(19)5-6-17(12)15(18)21/h3-4,11,19-20H,5-6H2,1-2H3/t11-/m1/s1. The summed E-state index contributed by atoms with van der Waals surface area (Å²) < 4.78 is 7.73. The van der Waals surface area contributed by atoms with Crippen LogP contribution < -0.4 is 10.4 Å². The van der Waals surface area contributed by atoms with Crippen LogP contribution >= 0.6 is 0 Å². The van der Waals surface area contributed by atoms with Crippen LogP contribution in [0.1, 0.15) is 29.3 Å². The monoisotopic (exact) mass is 301 g/mol. The molecule has 1 aromatic heterocycles. The zero-order valence-electron chi connectivity index (χ0n) is 12.2. The first kappa shape index (κ1) is 14.2. The second-order valence-electron chi connectivity index (χ2n) is 5.19. The van der Waals surface area contributed by atoms with Crippen LogP contribution in [0.3, 0.4) is 0 Å². The van der Waals surface area contributed by atoms with Gasteiger partial charge in [0.2, 0.25) is 5.88 Å². The molecule has 22 heavy (non-hydrogen) atoms. The first-order chi connectivity index (χ1) is 10.5. The van der Waals surface area contributed by atoms with Gasteiger partial charge in [0, 0.05) is 12.1 Å². The molecule has 0 bridgehead atoms.